The number of aromatic nitrogens is 4. The van der Waals surface area contributed by atoms with Gasteiger partial charge in [0, 0.05) is 24.9 Å². The summed E-state index contributed by atoms with van der Waals surface area (Å²) in [6.07, 6.45) is 9.27. The molecule has 2 aromatic carbocycles. The normalized spacial score (nSPS) is 15.2. The van der Waals surface area contributed by atoms with Crippen molar-refractivity contribution < 1.29 is 14.6 Å². The van der Waals surface area contributed by atoms with Crippen LogP contribution in [-0.4, -0.2) is 43.5 Å². The van der Waals surface area contributed by atoms with Crippen LogP contribution in [0.15, 0.2) is 59.7 Å². The molecule has 0 spiro atoms. The van der Waals surface area contributed by atoms with Gasteiger partial charge in [-0.2, -0.15) is 10.1 Å². The lowest BCUT2D eigenvalue weighted by Gasteiger charge is -2.29. The summed E-state index contributed by atoms with van der Waals surface area (Å²) in [4.78, 5) is 28.3. The number of fused-ring (bicyclic) bond motifs is 1. The molecule has 8 nitrogen and oxygen atoms in total. The highest BCUT2D eigenvalue weighted by Gasteiger charge is 2.27. The summed E-state index contributed by atoms with van der Waals surface area (Å²) in [6, 6.07) is 17.8. The maximum Gasteiger partial charge on any atom is 0.302 e. The molecular weight excluding hydrogens is 685 g/mol. The number of hydrogen-bond acceptors (Lipinski definition) is 6. The minimum absolute atomic E-state index is 0.111. The second-order valence-corrected chi connectivity index (χ2v) is 14.6. The van der Waals surface area contributed by atoms with Crippen molar-refractivity contribution in [1.82, 2.24) is 19.2 Å². The summed E-state index contributed by atoms with van der Waals surface area (Å²) in [6.45, 7) is 30.5. The third-order valence-corrected chi connectivity index (χ3v) is 10.1. The van der Waals surface area contributed by atoms with Gasteiger partial charge in [0.2, 0.25) is 5.78 Å². The zero-order valence-corrected chi connectivity index (χ0v) is 37.6. The van der Waals surface area contributed by atoms with E-state index in [0.717, 1.165) is 67.7 Å². The number of hydrogen-bond donors (Lipinski definition) is 1. The number of ether oxygens (including phenoxy) is 1. The Morgan fingerprint density at radius 2 is 1.45 bits per heavy atom. The quantitative estimate of drug-likeness (QED) is 0.170. The molecule has 2 heterocycles. The van der Waals surface area contributed by atoms with Crippen LogP contribution in [0.2, 0.25) is 0 Å². The van der Waals surface area contributed by atoms with Gasteiger partial charge in [0.15, 0.2) is 0 Å². The molecule has 1 unspecified atom stereocenters. The molecule has 4 aromatic rings. The minimum atomic E-state index is -0.245. The van der Waals surface area contributed by atoms with Gasteiger partial charge in [-0.05, 0) is 85.0 Å². The van der Waals surface area contributed by atoms with Crippen molar-refractivity contribution in [2.45, 2.75) is 173 Å². The maximum atomic E-state index is 14.1. The van der Waals surface area contributed by atoms with E-state index in [-0.39, 0.29) is 29.1 Å². The topological polar surface area (TPSA) is 98.7 Å². The highest BCUT2D eigenvalue weighted by Crippen LogP contribution is 2.36. The average Bonchev–Trinajstić information content (AvgIpc) is 3.69. The molecule has 0 bridgehead atoms. The molecule has 1 saturated carbocycles. The zero-order chi connectivity index (χ0) is 42.3. The highest BCUT2D eigenvalue weighted by atomic mass is 16.5. The van der Waals surface area contributed by atoms with E-state index in [1.807, 2.05) is 64.5 Å². The van der Waals surface area contributed by atoms with Gasteiger partial charge in [0.25, 0.3) is 5.56 Å². The lowest BCUT2D eigenvalue weighted by molar-refractivity contribution is -0.137. The van der Waals surface area contributed by atoms with Crippen LogP contribution in [0.3, 0.4) is 0 Å². The van der Waals surface area contributed by atoms with E-state index < -0.39 is 0 Å². The first-order chi connectivity index (χ1) is 26.2. The van der Waals surface area contributed by atoms with Gasteiger partial charge >= 0.3 is 5.97 Å². The van der Waals surface area contributed by atoms with E-state index in [1.54, 1.807) is 13.3 Å². The standard InChI is InChI=1S/C33H42N4O.C5H12O.C3H6O2.3C2H6/c1-6-10-30-28(31(38)36(32-34-22-35-37(30)32)26-19-13-23(3)14-20-26)21-24-15-17-25(18-16-24)27-11-8-9-12-29(27)33(4,5)7-2;1-4(2)5(3)6;1-3(4)5-2;3*1-2/h8-9,11-12,15-18,22-23,26H,6-7,10,13-14,19-21H2,1-5H3;4-6H,1-3H3;1-2H3;3*1-2H3. The average molecular weight is 763 g/mol. The van der Waals surface area contributed by atoms with Gasteiger partial charge in [0.1, 0.15) is 6.33 Å². The Labute approximate surface area is 335 Å². The highest BCUT2D eigenvalue weighted by molar-refractivity contribution is 5.69. The van der Waals surface area contributed by atoms with Crippen LogP contribution in [0.25, 0.3) is 16.9 Å². The van der Waals surface area contributed by atoms with Crippen molar-refractivity contribution in [1.29, 1.82) is 0 Å². The number of carbonyl (C=O) groups excluding carboxylic acids is 1. The first-order valence-electron chi connectivity index (χ1n) is 21.1. The van der Waals surface area contributed by atoms with Crippen LogP contribution < -0.4 is 5.56 Å². The summed E-state index contributed by atoms with van der Waals surface area (Å²) < 4.78 is 8.01. The van der Waals surface area contributed by atoms with E-state index >= 15 is 0 Å². The number of aryl methyl sites for hydroxylation is 1. The molecule has 1 N–H and O–H groups in total. The minimum Gasteiger partial charge on any atom is -0.469 e. The van der Waals surface area contributed by atoms with Crippen molar-refractivity contribution in [2.24, 2.45) is 11.8 Å². The summed E-state index contributed by atoms with van der Waals surface area (Å²) in [5.74, 6) is 1.59. The Balaban J connectivity index is 0.00000146. The fraction of sp³-hybridized carbons (Fsp3) is 0.617. The largest absolute Gasteiger partial charge is 0.469 e. The molecule has 8 heteroatoms. The molecule has 1 atom stereocenters. The summed E-state index contributed by atoms with van der Waals surface area (Å²) in [7, 11) is 1.35. The number of nitrogens with zero attached hydrogens (tertiary/aromatic N) is 4. The van der Waals surface area contributed by atoms with Crippen molar-refractivity contribution in [2.75, 3.05) is 7.11 Å². The SMILES string of the molecule is CC.CC.CC.CC(C)C(C)O.CCCc1c(Cc2ccc(-c3ccccc3C(C)(C)CC)cc2)c(=O)n(C2CCC(C)CC2)c2ncnn12.COC(C)=O. The third kappa shape index (κ3) is 15.3. The molecule has 1 fully saturated rings. The van der Waals surface area contributed by atoms with E-state index in [9.17, 15) is 9.59 Å². The molecule has 0 aliphatic heterocycles. The Morgan fingerprint density at radius 1 is 0.927 bits per heavy atom. The number of carbonyl (C=O) groups is 1. The van der Waals surface area contributed by atoms with E-state index in [2.05, 4.69) is 98.0 Å². The predicted octanol–water partition coefficient (Wildman–Crippen LogP) is 11.8. The number of aliphatic hydroxyl groups is 1. The van der Waals surface area contributed by atoms with Crippen LogP contribution in [-0.2, 0) is 27.8 Å². The first kappa shape index (κ1) is 51.2. The number of benzene rings is 2. The second-order valence-electron chi connectivity index (χ2n) is 14.6. The fourth-order valence-electron chi connectivity index (χ4n) is 6.10. The number of rotatable bonds is 9. The van der Waals surface area contributed by atoms with Crippen LogP contribution in [0, 0.1) is 11.8 Å². The summed E-state index contributed by atoms with van der Waals surface area (Å²) in [5, 5.41) is 13.2. The van der Waals surface area contributed by atoms with Crippen molar-refractivity contribution in [3.05, 3.63) is 87.6 Å². The molecule has 1 aliphatic rings. The first-order valence-corrected chi connectivity index (χ1v) is 21.1. The van der Waals surface area contributed by atoms with Crippen LogP contribution >= 0.6 is 0 Å². The second kappa shape index (κ2) is 26.9. The van der Waals surface area contributed by atoms with Crippen molar-refractivity contribution in [3.8, 4) is 11.1 Å². The Hall–Kier alpha value is -3.78. The van der Waals surface area contributed by atoms with Crippen LogP contribution in [0.1, 0.15) is 171 Å². The van der Waals surface area contributed by atoms with Crippen molar-refractivity contribution >= 4 is 11.7 Å². The molecule has 55 heavy (non-hydrogen) atoms. The molecule has 2 aromatic heterocycles. The summed E-state index contributed by atoms with van der Waals surface area (Å²) in [5.41, 5.74) is 7.14. The van der Waals surface area contributed by atoms with Gasteiger partial charge in [-0.25, -0.2) is 4.52 Å². The van der Waals surface area contributed by atoms with Gasteiger partial charge < -0.3 is 9.84 Å². The lowest BCUT2D eigenvalue weighted by Crippen LogP contribution is -2.34. The lowest BCUT2D eigenvalue weighted by atomic mass is 9.78. The third-order valence-electron chi connectivity index (χ3n) is 10.1. The van der Waals surface area contributed by atoms with Crippen LogP contribution in [0.4, 0.5) is 0 Å². The van der Waals surface area contributed by atoms with Gasteiger partial charge in [-0.3, -0.25) is 14.2 Å². The predicted molar refractivity (Wildman–Crippen MR) is 234 cm³/mol. The Morgan fingerprint density at radius 3 is 1.93 bits per heavy atom. The zero-order valence-electron chi connectivity index (χ0n) is 37.6. The number of methoxy groups -OCH3 is 1. The van der Waals surface area contributed by atoms with E-state index in [4.69, 9.17) is 5.11 Å². The van der Waals surface area contributed by atoms with Crippen molar-refractivity contribution in [3.63, 3.8) is 0 Å². The van der Waals surface area contributed by atoms with Gasteiger partial charge in [0.05, 0.1) is 18.9 Å². The summed E-state index contributed by atoms with van der Waals surface area (Å²) >= 11 is 0. The molecule has 310 valence electrons. The molecular formula is C47H78N4O4. The fourth-order valence-corrected chi connectivity index (χ4v) is 6.10. The van der Waals surface area contributed by atoms with Gasteiger partial charge in [-0.15, -0.1) is 0 Å². The Kier molecular flexibility index (Phi) is 25.1. The molecule has 5 rings (SSSR count). The van der Waals surface area contributed by atoms with Crippen LogP contribution in [0.5, 0.6) is 0 Å². The molecule has 0 amide bonds. The van der Waals surface area contributed by atoms with E-state index in [0.29, 0.717) is 18.1 Å². The smallest absolute Gasteiger partial charge is 0.302 e. The molecule has 0 radical (unpaired) electrons. The van der Waals surface area contributed by atoms with E-state index in [1.165, 1.54) is 30.7 Å². The monoisotopic (exact) mass is 763 g/mol. The number of aliphatic hydroxyl groups excluding tert-OH is 1. The maximum absolute atomic E-state index is 14.1. The van der Waals surface area contributed by atoms with Gasteiger partial charge in [-0.1, -0.05) is 145 Å². The molecule has 0 saturated heterocycles. The number of esters is 1. The Bertz CT molecular complexity index is 1670. The molecule has 1 aliphatic carbocycles.